The van der Waals surface area contributed by atoms with Gasteiger partial charge in [0, 0.05) is 12.2 Å². The molecule has 0 aliphatic heterocycles. The highest BCUT2D eigenvalue weighted by Gasteiger charge is 2.13. The zero-order valence-electron chi connectivity index (χ0n) is 8.13. The average Bonchev–Trinajstić information content (AvgIpc) is 2.14. The molecule has 0 saturated carbocycles. The van der Waals surface area contributed by atoms with Gasteiger partial charge in [-0.3, -0.25) is 9.00 Å². The van der Waals surface area contributed by atoms with Crippen LogP contribution in [0.2, 0.25) is 10.0 Å². The van der Waals surface area contributed by atoms with E-state index in [0.29, 0.717) is 14.9 Å². The summed E-state index contributed by atoms with van der Waals surface area (Å²) in [5.41, 5.74) is 0. The smallest absolute Gasteiger partial charge is 0.130 e. The molecular formula is C10H10Cl2O2S. The van der Waals surface area contributed by atoms with Crippen molar-refractivity contribution in [1.29, 1.82) is 0 Å². The van der Waals surface area contributed by atoms with Crippen LogP contribution in [0.1, 0.15) is 13.3 Å². The van der Waals surface area contributed by atoms with Gasteiger partial charge >= 0.3 is 0 Å². The van der Waals surface area contributed by atoms with Gasteiger partial charge in [-0.2, -0.15) is 0 Å². The minimum absolute atomic E-state index is 0.00604. The highest BCUT2D eigenvalue weighted by molar-refractivity contribution is 7.85. The summed E-state index contributed by atoms with van der Waals surface area (Å²) in [7, 11) is -1.31. The van der Waals surface area contributed by atoms with Gasteiger partial charge < -0.3 is 0 Å². The van der Waals surface area contributed by atoms with Gasteiger partial charge in [0.25, 0.3) is 0 Å². The lowest BCUT2D eigenvalue weighted by Gasteiger charge is -2.05. The van der Waals surface area contributed by atoms with Gasteiger partial charge in [-0.25, -0.2) is 0 Å². The number of Topliss-reactive ketones (excluding diaryl/α,β-unsaturated/α-hetero) is 1. The molecule has 1 aromatic carbocycles. The van der Waals surface area contributed by atoms with E-state index in [9.17, 15) is 9.00 Å². The summed E-state index contributed by atoms with van der Waals surface area (Å²) >= 11 is 11.8. The Kier molecular flexibility index (Phi) is 4.77. The monoisotopic (exact) mass is 264 g/mol. The molecule has 0 radical (unpaired) electrons. The van der Waals surface area contributed by atoms with Crippen LogP contribution in [0.3, 0.4) is 0 Å². The predicted octanol–water partition coefficient (Wildman–Crippen LogP) is 3.08. The van der Waals surface area contributed by atoms with Gasteiger partial charge in [0.1, 0.15) is 5.78 Å². The normalized spacial score (nSPS) is 12.5. The summed E-state index contributed by atoms with van der Waals surface area (Å²) < 4.78 is 11.8. The predicted molar refractivity (Wildman–Crippen MR) is 63.0 cm³/mol. The number of rotatable bonds is 4. The van der Waals surface area contributed by atoms with Crippen LogP contribution in [-0.2, 0) is 15.6 Å². The van der Waals surface area contributed by atoms with Crippen molar-refractivity contribution in [2.45, 2.75) is 18.2 Å². The van der Waals surface area contributed by atoms with Crippen molar-refractivity contribution in [3.05, 3.63) is 28.2 Å². The summed E-state index contributed by atoms with van der Waals surface area (Å²) in [6.45, 7) is 1.46. The molecule has 15 heavy (non-hydrogen) atoms. The van der Waals surface area contributed by atoms with E-state index >= 15 is 0 Å². The topological polar surface area (TPSA) is 34.1 Å². The zero-order valence-corrected chi connectivity index (χ0v) is 10.5. The quantitative estimate of drug-likeness (QED) is 0.838. The van der Waals surface area contributed by atoms with E-state index in [4.69, 9.17) is 23.2 Å². The summed E-state index contributed by atoms with van der Waals surface area (Å²) in [4.78, 5) is 11.2. The van der Waals surface area contributed by atoms with Crippen molar-refractivity contribution >= 4 is 39.8 Å². The van der Waals surface area contributed by atoms with Gasteiger partial charge in [-0.05, 0) is 19.1 Å². The molecule has 82 valence electrons. The van der Waals surface area contributed by atoms with Gasteiger partial charge in [0.2, 0.25) is 0 Å². The van der Waals surface area contributed by atoms with Gasteiger partial charge in [-0.15, -0.1) is 0 Å². The first-order valence-corrected chi connectivity index (χ1v) is 6.41. The Hall–Kier alpha value is -0.380. The Morgan fingerprint density at radius 2 is 1.87 bits per heavy atom. The van der Waals surface area contributed by atoms with E-state index in [0.717, 1.165) is 0 Å². The molecule has 0 aromatic heterocycles. The number of halogens is 2. The summed E-state index contributed by atoms with van der Waals surface area (Å²) in [5.74, 6) is 0.269. The van der Waals surface area contributed by atoms with E-state index in [-0.39, 0.29) is 18.0 Å². The summed E-state index contributed by atoms with van der Waals surface area (Å²) in [6, 6.07) is 4.96. The molecule has 0 fully saturated rings. The van der Waals surface area contributed by atoms with E-state index in [1.807, 2.05) is 0 Å². The molecule has 1 atom stereocenters. The number of hydrogen-bond acceptors (Lipinski definition) is 2. The second-order valence-corrected chi connectivity index (χ2v) is 5.37. The second-order valence-electron chi connectivity index (χ2n) is 3.05. The molecule has 0 saturated heterocycles. The van der Waals surface area contributed by atoms with Crippen molar-refractivity contribution in [2.24, 2.45) is 0 Å². The van der Waals surface area contributed by atoms with Crippen LogP contribution in [0, 0.1) is 0 Å². The van der Waals surface area contributed by atoms with E-state index in [1.165, 1.54) is 6.92 Å². The molecule has 2 nitrogen and oxygen atoms in total. The van der Waals surface area contributed by atoms with Crippen LogP contribution in [0.25, 0.3) is 0 Å². The molecule has 5 heteroatoms. The minimum atomic E-state index is -1.31. The molecule has 0 heterocycles. The first kappa shape index (κ1) is 12.7. The Labute approximate surface area is 101 Å². The molecule has 0 aliphatic carbocycles. The highest BCUT2D eigenvalue weighted by atomic mass is 35.5. The third-order valence-corrected chi connectivity index (χ3v) is 4.11. The number of benzene rings is 1. The van der Waals surface area contributed by atoms with Crippen molar-refractivity contribution in [3.63, 3.8) is 0 Å². The molecule has 0 bridgehead atoms. The largest absolute Gasteiger partial charge is 0.300 e. The Balaban J connectivity index is 2.86. The number of ketones is 1. The van der Waals surface area contributed by atoms with Crippen LogP contribution in [0.15, 0.2) is 23.1 Å². The molecule has 0 aliphatic rings. The first-order valence-electron chi connectivity index (χ1n) is 4.34. The fraction of sp³-hybridized carbons (Fsp3) is 0.300. The van der Waals surface area contributed by atoms with Gasteiger partial charge in [-0.1, -0.05) is 29.3 Å². The third kappa shape index (κ3) is 3.59. The van der Waals surface area contributed by atoms with Crippen LogP contribution >= 0.6 is 23.2 Å². The van der Waals surface area contributed by atoms with Crippen molar-refractivity contribution in [3.8, 4) is 0 Å². The average molecular weight is 265 g/mol. The molecule has 1 rings (SSSR count). The van der Waals surface area contributed by atoms with E-state index in [1.54, 1.807) is 18.2 Å². The molecule has 1 aromatic rings. The lowest BCUT2D eigenvalue weighted by atomic mass is 10.3. The maximum atomic E-state index is 11.8. The van der Waals surface area contributed by atoms with Crippen LogP contribution < -0.4 is 0 Å². The van der Waals surface area contributed by atoms with Crippen LogP contribution in [-0.4, -0.2) is 15.7 Å². The molecule has 0 N–H and O–H groups in total. The number of carbonyl (C=O) groups excluding carboxylic acids is 1. The standard InChI is InChI=1S/C10H10Cl2O2S/c1-7(13)5-6-15(14)10-8(11)3-2-4-9(10)12/h2-4H,5-6H2,1H3. The summed E-state index contributed by atoms with van der Waals surface area (Å²) in [6.07, 6.45) is 0.272. The lowest BCUT2D eigenvalue weighted by molar-refractivity contribution is -0.116. The fourth-order valence-electron chi connectivity index (χ4n) is 1.04. The maximum absolute atomic E-state index is 11.8. The number of carbonyl (C=O) groups is 1. The van der Waals surface area contributed by atoms with E-state index in [2.05, 4.69) is 0 Å². The van der Waals surface area contributed by atoms with Crippen molar-refractivity contribution in [1.82, 2.24) is 0 Å². The lowest BCUT2D eigenvalue weighted by Crippen LogP contribution is -2.04. The second kappa shape index (κ2) is 5.64. The van der Waals surface area contributed by atoms with Crippen LogP contribution in [0.5, 0.6) is 0 Å². The fourth-order valence-corrected chi connectivity index (χ4v) is 3.20. The molecule has 1 unspecified atom stereocenters. The van der Waals surface area contributed by atoms with Crippen molar-refractivity contribution < 1.29 is 9.00 Å². The Bertz CT molecular complexity index is 384. The zero-order chi connectivity index (χ0) is 11.4. The van der Waals surface area contributed by atoms with Gasteiger partial charge in [0.05, 0.1) is 25.7 Å². The Morgan fingerprint density at radius 3 is 2.33 bits per heavy atom. The molecule has 0 spiro atoms. The minimum Gasteiger partial charge on any atom is -0.300 e. The third-order valence-electron chi connectivity index (χ3n) is 1.79. The van der Waals surface area contributed by atoms with Crippen molar-refractivity contribution in [2.75, 3.05) is 5.75 Å². The summed E-state index contributed by atoms with van der Waals surface area (Å²) in [5, 5.41) is 0.758. The molecule has 0 amide bonds. The first-order chi connectivity index (χ1) is 7.02. The highest BCUT2D eigenvalue weighted by Crippen LogP contribution is 2.27. The Morgan fingerprint density at radius 1 is 1.33 bits per heavy atom. The van der Waals surface area contributed by atoms with Crippen LogP contribution in [0.4, 0.5) is 0 Å². The maximum Gasteiger partial charge on any atom is 0.130 e. The number of hydrogen-bond donors (Lipinski definition) is 0. The van der Waals surface area contributed by atoms with Gasteiger partial charge in [0.15, 0.2) is 0 Å². The van der Waals surface area contributed by atoms with E-state index < -0.39 is 10.8 Å². The molecular weight excluding hydrogens is 255 g/mol. The SMILES string of the molecule is CC(=O)CCS(=O)c1c(Cl)cccc1Cl.